The lowest BCUT2D eigenvalue weighted by Crippen LogP contribution is -2.17. The van der Waals surface area contributed by atoms with E-state index in [9.17, 15) is 0 Å². The maximum Gasteiger partial charge on any atom is 0.156 e. The number of hydrogen-bond donors (Lipinski definition) is 1. The van der Waals surface area contributed by atoms with E-state index in [0.717, 1.165) is 32.3 Å². The standard InChI is InChI=1S/C16H32O3S/c1-3-5-7-9-15(10-8-11-16(17)20)19-14-13-18-12-6-4-2/h15H,3-14H2,1-2H3,(H,17,20). The van der Waals surface area contributed by atoms with Gasteiger partial charge in [0, 0.05) is 13.0 Å². The lowest BCUT2D eigenvalue weighted by molar-refractivity contribution is -0.00406. The van der Waals surface area contributed by atoms with Gasteiger partial charge in [0.25, 0.3) is 0 Å². The van der Waals surface area contributed by atoms with Gasteiger partial charge in [-0.2, -0.15) is 0 Å². The Bertz CT molecular complexity index is 222. The van der Waals surface area contributed by atoms with E-state index in [1.807, 2.05) is 0 Å². The molecule has 0 aromatic rings. The number of thiocarbonyl (C=S) groups is 1. The minimum atomic E-state index is 0.111. The molecule has 0 bridgehead atoms. The van der Waals surface area contributed by atoms with Crippen molar-refractivity contribution in [3.63, 3.8) is 0 Å². The first-order chi connectivity index (χ1) is 9.70. The first-order valence-corrected chi connectivity index (χ1v) is 8.52. The van der Waals surface area contributed by atoms with E-state index < -0.39 is 0 Å². The molecule has 0 aromatic heterocycles. The molecule has 0 amide bonds. The average molecular weight is 304 g/mol. The Hall–Kier alpha value is -0.190. The van der Waals surface area contributed by atoms with Crippen LogP contribution in [0.2, 0.25) is 0 Å². The predicted molar refractivity (Wildman–Crippen MR) is 88.7 cm³/mol. The third kappa shape index (κ3) is 14.2. The van der Waals surface area contributed by atoms with Gasteiger partial charge in [0.05, 0.1) is 19.3 Å². The van der Waals surface area contributed by atoms with Gasteiger partial charge in [-0.25, -0.2) is 0 Å². The van der Waals surface area contributed by atoms with E-state index in [1.165, 1.54) is 25.7 Å². The summed E-state index contributed by atoms with van der Waals surface area (Å²) in [5, 5.41) is 9.16. The van der Waals surface area contributed by atoms with Gasteiger partial charge in [-0.1, -0.05) is 39.5 Å². The Labute approximate surface area is 130 Å². The SMILES string of the molecule is CCCCCC(CCCC(O)=S)OCCOCCCC. The Kier molecular flexibility index (Phi) is 15.1. The van der Waals surface area contributed by atoms with Gasteiger partial charge in [0.2, 0.25) is 0 Å². The Balaban J connectivity index is 3.70. The molecule has 0 heterocycles. The van der Waals surface area contributed by atoms with Gasteiger partial charge in [-0.15, -0.1) is 0 Å². The Morgan fingerprint density at radius 2 is 1.65 bits per heavy atom. The zero-order valence-electron chi connectivity index (χ0n) is 13.2. The molecule has 1 unspecified atom stereocenters. The van der Waals surface area contributed by atoms with Crippen LogP contribution in [-0.2, 0) is 9.47 Å². The van der Waals surface area contributed by atoms with Crippen LogP contribution in [0, 0.1) is 0 Å². The largest absolute Gasteiger partial charge is 0.502 e. The maximum atomic E-state index is 9.05. The topological polar surface area (TPSA) is 38.7 Å². The molecule has 0 rings (SSSR count). The van der Waals surface area contributed by atoms with Crippen LogP contribution in [0.1, 0.15) is 71.6 Å². The smallest absolute Gasteiger partial charge is 0.156 e. The van der Waals surface area contributed by atoms with Crippen molar-refractivity contribution in [1.82, 2.24) is 0 Å². The van der Waals surface area contributed by atoms with Gasteiger partial charge in [-0.3, -0.25) is 0 Å². The summed E-state index contributed by atoms with van der Waals surface area (Å²) in [6, 6.07) is 0. The number of hydrogen-bond acceptors (Lipinski definition) is 3. The molecule has 0 aromatic carbocycles. The molecule has 0 fully saturated rings. The van der Waals surface area contributed by atoms with Crippen molar-refractivity contribution >= 4 is 17.3 Å². The van der Waals surface area contributed by atoms with E-state index in [1.54, 1.807) is 0 Å². The molecule has 0 saturated carbocycles. The molecule has 0 aliphatic carbocycles. The molecule has 0 aliphatic rings. The fraction of sp³-hybridized carbons (Fsp3) is 0.938. The molecule has 4 heteroatoms. The highest BCUT2D eigenvalue weighted by atomic mass is 32.1. The van der Waals surface area contributed by atoms with E-state index >= 15 is 0 Å². The molecule has 20 heavy (non-hydrogen) atoms. The van der Waals surface area contributed by atoms with Crippen molar-refractivity contribution < 1.29 is 14.6 Å². The third-order valence-electron chi connectivity index (χ3n) is 3.27. The van der Waals surface area contributed by atoms with Crippen LogP contribution in [0.4, 0.5) is 0 Å². The predicted octanol–water partition coefficient (Wildman–Crippen LogP) is 4.82. The van der Waals surface area contributed by atoms with E-state index in [2.05, 4.69) is 13.8 Å². The minimum absolute atomic E-state index is 0.111. The Morgan fingerprint density at radius 1 is 0.950 bits per heavy atom. The van der Waals surface area contributed by atoms with Crippen LogP contribution in [0.3, 0.4) is 0 Å². The number of unbranched alkanes of at least 4 members (excludes halogenated alkanes) is 3. The van der Waals surface area contributed by atoms with E-state index in [0.29, 0.717) is 19.6 Å². The monoisotopic (exact) mass is 304 g/mol. The van der Waals surface area contributed by atoms with Gasteiger partial charge < -0.3 is 14.6 Å². The minimum Gasteiger partial charge on any atom is -0.502 e. The van der Waals surface area contributed by atoms with Crippen LogP contribution in [0.15, 0.2) is 0 Å². The van der Waals surface area contributed by atoms with Crippen molar-refractivity contribution in [2.75, 3.05) is 19.8 Å². The van der Waals surface area contributed by atoms with Gasteiger partial charge in [0.15, 0.2) is 5.05 Å². The summed E-state index contributed by atoms with van der Waals surface area (Å²) in [5.41, 5.74) is 0. The summed E-state index contributed by atoms with van der Waals surface area (Å²) in [5.74, 6) is 0. The summed E-state index contributed by atoms with van der Waals surface area (Å²) >= 11 is 4.70. The van der Waals surface area contributed by atoms with Crippen LogP contribution < -0.4 is 0 Å². The fourth-order valence-corrected chi connectivity index (χ4v) is 2.18. The van der Waals surface area contributed by atoms with E-state index in [-0.39, 0.29) is 11.2 Å². The number of ether oxygens (including phenoxy) is 2. The summed E-state index contributed by atoms with van der Waals surface area (Å²) < 4.78 is 11.4. The van der Waals surface area contributed by atoms with Crippen LogP contribution >= 0.6 is 12.2 Å². The molecular weight excluding hydrogens is 272 g/mol. The summed E-state index contributed by atoms with van der Waals surface area (Å²) in [7, 11) is 0. The molecule has 1 N–H and O–H groups in total. The zero-order valence-corrected chi connectivity index (χ0v) is 14.1. The van der Waals surface area contributed by atoms with Crippen molar-refractivity contribution in [2.24, 2.45) is 0 Å². The van der Waals surface area contributed by atoms with Crippen molar-refractivity contribution in [3.05, 3.63) is 0 Å². The summed E-state index contributed by atoms with van der Waals surface area (Å²) in [6.07, 6.45) is 9.85. The lowest BCUT2D eigenvalue weighted by Gasteiger charge is -2.18. The van der Waals surface area contributed by atoms with Gasteiger partial charge in [0.1, 0.15) is 0 Å². The molecule has 0 saturated heterocycles. The molecule has 0 aliphatic heterocycles. The fourth-order valence-electron chi connectivity index (χ4n) is 2.04. The Morgan fingerprint density at radius 3 is 2.30 bits per heavy atom. The highest BCUT2D eigenvalue weighted by Crippen LogP contribution is 2.13. The molecule has 0 spiro atoms. The van der Waals surface area contributed by atoms with Crippen molar-refractivity contribution in [3.8, 4) is 0 Å². The van der Waals surface area contributed by atoms with Crippen molar-refractivity contribution in [2.45, 2.75) is 77.7 Å². The number of aliphatic hydroxyl groups is 1. The molecule has 3 nitrogen and oxygen atoms in total. The second-order valence-electron chi connectivity index (χ2n) is 5.24. The number of aliphatic hydroxyl groups excluding tert-OH is 1. The average Bonchev–Trinajstić information content (AvgIpc) is 2.42. The van der Waals surface area contributed by atoms with Gasteiger partial charge in [-0.05, 0) is 37.9 Å². The van der Waals surface area contributed by atoms with Crippen molar-refractivity contribution in [1.29, 1.82) is 0 Å². The second-order valence-corrected chi connectivity index (χ2v) is 5.71. The molecular formula is C16H32O3S. The van der Waals surface area contributed by atoms with E-state index in [4.69, 9.17) is 26.8 Å². The number of rotatable bonds is 15. The molecule has 0 radical (unpaired) electrons. The highest BCUT2D eigenvalue weighted by molar-refractivity contribution is 7.80. The van der Waals surface area contributed by atoms with Crippen LogP contribution in [0.25, 0.3) is 0 Å². The third-order valence-corrected chi connectivity index (χ3v) is 3.47. The van der Waals surface area contributed by atoms with Gasteiger partial charge >= 0.3 is 0 Å². The summed E-state index contributed by atoms with van der Waals surface area (Å²) in [4.78, 5) is 0. The first kappa shape index (κ1) is 19.8. The second kappa shape index (κ2) is 15.2. The molecule has 1 atom stereocenters. The highest BCUT2D eigenvalue weighted by Gasteiger charge is 2.09. The maximum absolute atomic E-state index is 9.05. The van der Waals surface area contributed by atoms with Crippen LogP contribution in [-0.4, -0.2) is 36.1 Å². The van der Waals surface area contributed by atoms with Crippen LogP contribution in [0.5, 0.6) is 0 Å². The molecule has 120 valence electrons. The first-order valence-electron chi connectivity index (χ1n) is 8.11. The normalized spacial score (nSPS) is 12.5. The summed E-state index contributed by atoms with van der Waals surface area (Å²) in [6.45, 7) is 6.56. The quantitative estimate of drug-likeness (QED) is 0.347. The zero-order chi connectivity index (χ0) is 15.1. The lowest BCUT2D eigenvalue weighted by atomic mass is 10.1.